The van der Waals surface area contributed by atoms with E-state index in [1.165, 1.54) is 18.4 Å². The number of amides is 1. The molecular weight excluding hydrogens is 433 g/mol. The third-order valence-corrected chi connectivity index (χ3v) is 5.76. The van der Waals surface area contributed by atoms with Crippen LogP contribution in [0.5, 0.6) is 0 Å². The van der Waals surface area contributed by atoms with E-state index >= 15 is 0 Å². The van der Waals surface area contributed by atoms with Crippen LogP contribution in [0.2, 0.25) is 0 Å². The highest BCUT2D eigenvalue weighted by atomic mass is 35.5. The molecule has 0 radical (unpaired) electrons. The highest BCUT2D eigenvalue weighted by Gasteiger charge is 2.27. The van der Waals surface area contributed by atoms with E-state index in [1.54, 1.807) is 24.5 Å². The van der Waals surface area contributed by atoms with Gasteiger partial charge in [0.05, 0.1) is 0 Å². The summed E-state index contributed by atoms with van der Waals surface area (Å²) in [7, 11) is 0. The monoisotopic (exact) mass is 463 g/mol. The summed E-state index contributed by atoms with van der Waals surface area (Å²) in [6.45, 7) is 6.80. The van der Waals surface area contributed by atoms with Crippen molar-refractivity contribution < 1.29 is 9.21 Å². The second-order valence-corrected chi connectivity index (χ2v) is 7.84. The molecule has 168 valence electrons. The molecule has 3 aromatic rings. The second-order valence-electron chi connectivity index (χ2n) is 7.84. The van der Waals surface area contributed by atoms with Crippen molar-refractivity contribution in [3.63, 3.8) is 0 Å². The molecule has 1 unspecified atom stereocenters. The lowest BCUT2D eigenvalue weighted by Gasteiger charge is -2.33. The molecule has 2 aromatic heterocycles. The molecule has 31 heavy (non-hydrogen) atoms. The van der Waals surface area contributed by atoms with Crippen LogP contribution in [-0.2, 0) is 12.8 Å². The summed E-state index contributed by atoms with van der Waals surface area (Å²) in [6.07, 6.45) is 8.77. The Morgan fingerprint density at radius 1 is 1.13 bits per heavy atom. The molecule has 0 saturated heterocycles. The summed E-state index contributed by atoms with van der Waals surface area (Å²) in [5.41, 5.74) is 3.62. The average molecular weight is 464 g/mol. The summed E-state index contributed by atoms with van der Waals surface area (Å²) in [5, 5.41) is 4.13. The molecule has 1 aliphatic carbocycles. The van der Waals surface area contributed by atoms with Crippen LogP contribution in [0.4, 0.5) is 5.69 Å². The van der Waals surface area contributed by atoms with Gasteiger partial charge in [0.15, 0.2) is 0 Å². The summed E-state index contributed by atoms with van der Waals surface area (Å²) in [6, 6.07) is 9.94. The van der Waals surface area contributed by atoms with Crippen LogP contribution < -0.4 is 5.32 Å². The molecule has 1 amide bonds. The number of fused-ring (bicyclic) bond motifs is 3. The predicted molar refractivity (Wildman–Crippen MR) is 131 cm³/mol. The van der Waals surface area contributed by atoms with E-state index in [1.807, 2.05) is 12.1 Å². The number of furan rings is 1. The molecule has 2 heterocycles. The first-order chi connectivity index (χ1) is 14.2. The maximum Gasteiger partial charge on any atom is 0.255 e. The van der Waals surface area contributed by atoms with Gasteiger partial charge in [0, 0.05) is 47.1 Å². The molecule has 1 atom stereocenters. The molecule has 0 aliphatic heterocycles. The normalized spacial score (nSPS) is 15.1. The molecule has 7 heteroatoms. The SMILES string of the molecule is CCCN(CCC)C1CCc2oc3ccc(NC(=O)c4ccncc4)cc3c2C1.Cl.Cl. The molecular formula is C24H31Cl2N3O2. The van der Waals surface area contributed by atoms with Gasteiger partial charge >= 0.3 is 0 Å². The number of benzene rings is 1. The van der Waals surface area contributed by atoms with Crippen LogP contribution in [0, 0.1) is 0 Å². The number of hydrogen-bond donors (Lipinski definition) is 1. The molecule has 0 saturated carbocycles. The van der Waals surface area contributed by atoms with Crippen molar-refractivity contribution in [1.29, 1.82) is 0 Å². The topological polar surface area (TPSA) is 58.4 Å². The van der Waals surface area contributed by atoms with Crippen LogP contribution in [0.3, 0.4) is 0 Å². The van der Waals surface area contributed by atoms with Crippen molar-refractivity contribution in [3.8, 4) is 0 Å². The maximum absolute atomic E-state index is 12.5. The molecule has 5 nitrogen and oxygen atoms in total. The first kappa shape index (κ1) is 25.2. The fourth-order valence-corrected chi connectivity index (χ4v) is 4.41. The first-order valence-electron chi connectivity index (χ1n) is 10.7. The Balaban J connectivity index is 0.00000171. The van der Waals surface area contributed by atoms with Gasteiger partial charge in [-0.1, -0.05) is 13.8 Å². The minimum atomic E-state index is -0.126. The zero-order valence-corrected chi connectivity index (χ0v) is 19.7. The Labute approximate surface area is 196 Å². The minimum absolute atomic E-state index is 0. The number of aryl methyl sites for hydroxylation is 1. The number of nitrogens with one attached hydrogen (secondary N) is 1. The minimum Gasteiger partial charge on any atom is -0.461 e. The Bertz CT molecular complexity index is 985. The van der Waals surface area contributed by atoms with Crippen LogP contribution in [0.1, 0.15) is 54.8 Å². The summed E-state index contributed by atoms with van der Waals surface area (Å²) < 4.78 is 6.14. The first-order valence-corrected chi connectivity index (χ1v) is 10.7. The van der Waals surface area contributed by atoms with Gasteiger partial charge in [0.1, 0.15) is 11.3 Å². The molecule has 0 spiro atoms. The van der Waals surface area contributed by atoms with Gasteiger partial charge in [0.25, 0.3) is 5.91 Å². The fraction of sp³-hybridized carbons (Fsp3) is 0.417. The van der Waals surface area contributed by atoms with E-state index in [-0.39, 0.29) is 30.7 Å². The van der Waals surface area contributed by atoms with Crippen molar-refractivity contribution in [1.82, 2.24) is 9.88 Å². The number of halogens is 2. The summed E-state index contributed by atoms with van der Waals surface area (Å²) in [4.78, 5) is 19.1. The second kappa shape index (κ2) is 11.5. The van der Waals surface area contributed by atoms with Crippen LogP contribution in [0.25, 0.3) is 11.0 Å². The highest BCUT2D eigenvalue weighted by Crippen LogP contribution is 2.35. The van der Waals surface area contributed by atoms with Gasteiger partial charge in [-0.3, -0.25) is 9.78 Å². The Morgan fingerprint density at radius 2 is 1.84 bits per heavy atom. The summed E-state index contributed by atoms with van der Waals surface area (Å²) in [5.74, 6) is 0.987. The van der Waals surface area contributed by atoms with Gasteiger partial charge in [0.2, 0.25) is 0 Å². The van der Waals surface area contributed by atoms with Crippen molar-refractivity contribution in [2.24, 2.45) is 0 Å². The molecule has 4 rings (SSSR count). The Hall–Kier alpha value is -2.08. The standard InChI is InChI=1S/C24H29N3O2.2ClH/c1-3-13-27(14-4-2)19-6-8-23-21(16-19)20-15-18(5-7-22(20)29-23)26-24(28)17-9-11-25-12-10-17;;/h5,7,9-12,15,19H,3-4,6,8,13-14,16H2,1-2H3,(H,26,28);2*1H. The van der Waals surface area contributed by atoms with Gasteiger partial charge in [-0.25, -0.2) is 0 Å². The van der Waals surface area contributed by atoms with E-state index in [9.17, 15) is 4.79 Å². The quantitative estimate of drug-likeness (QED) is 0.473. The van der Waals surface area contributed by atoms with E-state index in [2.05, 4.69) is 35.1 Å². The maximum atomic E-state index is 12.5. The van der Waals surface area contributed by atoms with Gasteiger partial charge in [-0.15, -0.1) is 24.8 Å². The number of carbonyl (C=O) groups excluding carboxylic acids is 1. The van der Waals surface area contributed by atoms with E-state index < -0.39 is 0 Å². The number of nitrogens with zero attached hydrogens (tertiary/aromatic N) is 2. The largest absolute Gasteiger partial charge is 0.461 e. The zero-order chi connectivity index (χ0) is 20.2. The lowest BCUT2D eigenvalue weighted by Crippen LogP contribution is -2.40. The predicted octanol–water partition coefficient (Wildman–Crippen LogP) is 5.90. The number of hydrogen-bond acceptors (Lipinski definition) is 4. The average Bonchev–Trinajstić information content (AvgIpc) is 3.11. The van der Waals surface area contributed by atoms with Gasteiger partial charge in [-0.05, 0) is 69.1 Å². The fourth-order valence-electron chi connectivity index (χ4n) is 4.41. The summed E-state index contributed by atoms with van der Waals surface area (Å²) >= 11 is 0. The smallest absolute Gasteiger partial charge is 0.255 e. The number of anilines is 1. The molecule has 0 bridgehead atoms. The van der Waals surface area contributed by atoms with Crippen LogP contribution in [-0.4, -0.2) is 34.9 Å². The van der Waals surface area contributed by atoms with Crippen molar-refractivity contribution in [2.75, 3.05) is 18.4 Å². The highest BCUT2D eigenvalue weighted by molar-refractivity contribution is 6.05. The lowest BCUT2D eigenvalue weighted by atomic mass is 9.90. The number of carbonyl (C=O) groups is 1. The van der Waals surface area contributed by atoms with Crippen molar-refractivity contribution >= 4 is 47.4 Å². The Kier molecular flexibility index (Phi) is 9.35. The molecule has 1 aromatic carbocycles. The molecule has 1 aliphatic rings. The third-order valence-electron chi connectivity index (χ3n) is 5.76. The van der Waals surface area contributed by atoms with E-state index in [4.69, 9.17) is 4.42 Å². The zero-order valence-electron chi connectivity index (χ0n) is 18.1. The molecule has 1 N–H and O–H groups in total. The number of rotatable bonds is 7. The van der Waals surface area contributed by atoms with E-state index in [0.717, 1.165) is 54.8 Å². The van der Waals surface area contributed by atoms with E-state index in [0.29, 0.717) is 11.6 Å². The van der Waals surface area contributed by atoms with Gasteiger partial charge in [-0.2, -0.15) is 0 Å². The van der Waals surface area contributed by atoms with Crippen molar-refractivity contribution in [2.45, 2.75) is 52.0 Å². The van der Waals surface area contributed by atoms with Crippen LogP contribution >= 0.6 is 24.8 Å². The van der Waals surface area contributed by atoms with Crippen LogP contribution in [0.15, 0.2) is 47.1 Å². The third kappa shape index (κ3) is 5.59. The van der Waals surface area contributed by atoms with Crippen molar-refractivity contribution in [3.05, 3.63) is 59.6 Å². The lowest BCUT2D eigenvalue weighted by molar-refractivity contribution is 0.102. The van der Waals surface area contributed by atoms with Gasteiger partial charge < -0.3 is 14.6 Å². The number of pyridine rings is 1. The molecule has 0 fully saturated rings. The Morgan fingerprint density at radius 3 is 2.52 bits per heavy atom. The number of aromatic nitrogens is 1.